The topological polar surface area (TPSA) is 51.1 Å². The van der Waals surface area contributed by atoms with E-state index in [1.807, 2.05) is 18.2 Å². The first kappa shape index (κ1) is 16.7. The summed E-state index contributed by atoms with van der Waals surface area (Å²) >= 11 is 6.14. The van der Waals surface area contributed by atoms with E-state index in [0.29, 0.717) is 0 Å². The molecule has 3 nitrogen and oxygen atoms in total. The highest BCUT2D eigenvalue weighted by molar-refractivity contribution is 6.30. The summed E-state index contributed by atoms with van der Waals surface area (Å²) in [5, 5.41) is 1.96. The molecule has 1 fully saturated rings. The molecule has 1 aromatic heterocycles. The predicted octanol–water partition coefficient (Wildman–Crippen LogP) is 5.66. The van der Waals surface area contributed by atoms with E-state index in [-0.39, 0.29) is 6.15 Å². The number of aromatic nitrogens is 1. The summed E-state index contributed by atoms with van der Waals surface area (Å²) in [6.45, 7) is 0. The van der Waals surface area contributed by atoms with Crippen molar-refractivity contribution >= 4 is 28.2 Å². The standard InChI is InChI=1S/C20H19ClN2.H3N/c1-23(2)20-12-19(15-4-3-5-16(21)10-15)22-18-9-8-14(11-17(18)20)13-6-7-13;/h3-5,8-13H,6-7H2,1-2H3;1H3. The number of nitrogens with zero attached hydrogens (tertiary/aromatic N) is 2. The second kappa shape index (κ2) is 6.42. The van der Waals surface area contributed by atoms with E-state index in [2.05, 4.69) is 49.3 Å². The van der Waals surface area contributed by atoms with E-state index in [0.717, 1.165) is 27.7 Å². The Morgan fingerprint density at radius 1 is 1.04 bits per heavy atom. The summed E-state index contributed by atoms with van der Waals surface area (Å²) in [7, 11) is 4.17. The fraction of sp³-hybridized carbons (Fsp3) is 0.250. The van der Waals surface area contributed by atoms with E-state index in [1.165, 1.54) is 29.5 Å². The van der Waals surface area contributed by atoms with E-state index in [9.17, 15) is 0 Å². The number of fused-ring (bicyclic) bond motifs is 1. The van der Waals surface area contributed by atoms with Crippen LogP contribution in [0.3, 0.4) is 0 Å². The number of halogens is 1. The van der Waals surface area contributed by atoms with Gasteiger partial charge in [0, 0.05) is 35.8 Å². The van der Waals surface area contributed by atoms with Gasteiger partial charge in [0.05, 0.1) is 11.2 Å². The molecule has 0 spiro atoms. The Morgan fingerprint density at radius 3 is 2.50 bits per heavy atom. The van der Waals surface area contributed by atoms with Crippen molar-refractivity contribution in [2.45, 2.75) is 18.8 Å². The summed E-state index contributed by atoms with van der Waals surface area (Å²) in [4.78, 5) is 7.03. The van der Waals surface area contributed by atoms with Gasteiger partial charge in [-0.1, -0.05) is 29.8 Å². The molecular weight excluding hydrogens is 318 g/mol. The van der Waals surface area contributed by atoms with Gasteiger partial charge in [-0.3, -0.25) is 0 Å². The van der Waals surface area contributed by atoms with Gasteiger partial charge in [0.1, 0.15) is 0 Å². The van der Waals surface area contributed by atoms with E-state index < -0.39 is 0 Å². The molecule has 24 heavy (non-hydrogen) atoms. The Hall–Kier alpha value is -2.10. The quantitative estimate of drug-likeness (QED) is 0.669. The second-order valence-corrected chi connectivity index (χ2v) is 6.92. The van der Waals surface area contributed by atoms with Crippen molar-refractivity contribution in [1.29, 1.82) is 0 Å². The lowest BCUT2D eigenvalue weighted by atomic mass is 10.0. The maximum absolute atomic E-state index is 6.14. The van der Waals surface area contributed by atoms with Crippen molar-refractivity contribution in [3.63, 3.8) is 0 Å². The molecule has 1 aliphatic rings. The van der Waals surface area contributed by atoms with Crippen LogP contribution in [0.1, 0.15) is 24.3 Å². The molecule has 0 saturated heterocycles. The SMILES string of the molecule is CN(C)c1cc(-c2cccc(Cl)c2)nc2ccc(C3CC3)cc12.N. The highest BCUT2D eigenvalue weighted by atomic mass is 35.5. The minimum absolute atomic E-state index is 0. The molecule has 0 bridgehead atoms. The summed E-state index contributed by atoms with van der Waals surface area (Å²) in [6.07, 6.45) is 2.63. The number of hydrogen-bond acceptors (Lipinski definition) is 3. The molecule has 1 aliphatic carbocycles. The molecule has 3 aromatic rings. The van der Waals surface area contributed by atoms with Crippen LogP contribution in [0.2, 0.25) is 5.02 Å². The van der Waals surface area contributed by atoms with Gasteiger partial charge in [0.15, 0.2) is 0 Å². The molecular formula is C20H22ClN3. The smallest absolute Gasteiger partial charge is 0.0730 e. The summed E-state index contributed by atoms with van der Waals surface area (Å²) in [5.74, 6) is 0.752. The predicted molar refractivity (Wildman–Crippen MR) is 104 cm³/mol. The average molecular weight is 340 g/mol. The van der Waals surface area contributed by atoms with Crippen LogP contribution < -0.4 is 11.1 Å². The van der Waals surface area contributed by atoms with Crippen molar-refractivity contribution in [2.24, 2.45) is 0 Å². The van der Waals surface area contributed by atoms with E-state index in [1.54, 1.807) is 0 Å². The van der Waals surface area contributed by atoms with Crippen LogP contribution >= 0.6 is 11.6 Å². The maximum atomic E-state index is 6.14. The first-order chi connectivity index (χ1) is 11.1. The molecule has 1 heterocycles. The zero-order valence-electron chi connectivity index (χ0n) is 14.1. The molecule has 0 unspecified atom stereocenters. The molecule has 0 amide bonds. The maximum Gasteiger partial charge on any atom is 0.0730 e. The molecule has 4 heteroatoms. The number of pyridine rings is 1. The van der Waals surface area contributed by atoms with E-state index in [4.69, 9.17) is 16.6 Å². The Kier molecular flexibility index (Phi) is 4.48. The van der Waals surface area contributed by atoms with Gasteiger partial charge < -0.3 is 11.1 Å². The molecule has 0 atom stereocenters. The van der Waals surface area contributed by atoms with Crippen LogP contribution in [-0.2, 0) is 0 Å². The lowest BCUT2D eigenvalue weighted by Crippen LogP contribution is -2.10. The Balaban J connectivity index is 0.00000169. The molecule has 0 aliphatic heterocycles. The number of benzene rings is 2. The van der Waals surface area contributed by atoms with Crippen LogP contribution in [0, 0.1) is 0 Å². The van der Waals surface area contributed by atoms with Crippen molar-refractivity contribution in [3.8, 4) is 11.3 Å². The first-order valence-corrected chi connectivity index (χ1v) is 8.37. The van der Waals surface area contributed by atoms with Crippen molar-refractivity contribution in [3.05, 3.63) is 59.1 Å². The van der Waals surface area contributed by atoms with Gasteiger partial charge in [0.25, 0.3) is 0 Å². The molecule has 3 N–H and O–H groups in total. The van der Waals surface area contributed by atoms with Gasteiger partial charge in [-0.2, -0.15) is 0 Å². The van der Waals surface area contributed by atoms with Gasteiger partial charge in [-0.05, 0) is 54.7 Å². The Bertz CT molecular complexity index is 885. The van der Waals surface area contributed by atoms with Crippen molar-refractivity contribution < 1.29 is 0 Å². The highest BCUT2D eigenvalue weighted by Gasteiger charge is 2.24. The van der Waals surface area contributed by atoms with Crippen LogP contribution in [0.4, 0.5) is 5.69 Å². The van der Waals surface area contributed by atoms with Crippen LogP contribution in [-0.4, -0.2) is 19.1 Å². The lowest BCUT2D eigenvalue weighted by molar-refractivity contribution is 1.12. The first-order valence-electron chi connectivity index (χ1n) is 8.00. The Labute approximate surface area is 147 Å². The largest absolute Gasteiger partial charge is 0.377 e. The minimum Gasteiger partial charge on any atom is -0.377 e. The molecule has 0 radical (unpaired) electrons. The fourth-order valence-electron chi connectivity index (χ4n) is 3.06. The normalized spacial score (nSPS) is 13.6. The third-order valence-electron chi connectivity index (χ3n) is 4.46. The zero-order valence-corrected chi connectivity index (χ0v) is 14.8. The third-order valence-corrected chi connectivity index (χ3v) is 4.70. The molecule has 4 rings (SSSR count). The summed E-state index contributed by atoms with van der Waals surface area (Å²) in [6, 6.07) is 16.7. The molecule has 124 valence electrons. The summed E-state index contributed by atoms with van der Waals surface area (Å²) in [5.41, 5.74) is 5.69. The van der Waals surface area contributed by atoms with Crippen LogP contribution in [0.25, 0.3) is 22.2 Å². The number of rotatable bonds is 3. The molecule has 1 saturated carbocycles. The van der Waals surface area contributed by atoms with Crippen molar-refractivity contribution in [1.82, 2.24) is 11.1 Å². The zero-order chi connectivity index (χ0) is 16.0. The molecule has 2 aromatic carbocycles. The van der Waals surface area contributed by atoms with Gasteiger partial charge in [-0.25, -0.2) is 4.98 Å². The third kappa shape index (κ3) is 3.10. The number of hydrogen-bond donors (Lipinski definition) is 1. The van der Waals surface area contributed by atoms with Crippen LogP contribution in [0.15, 0.2) is 48.5 Å². The fourth-order valence-corrected chi connectivity index (χ4v) is 3.25. The van der Waals surface area contributed by atoms with Gasteiger partial charge in [0.2, 0.25) is 0 Å². The monoisotopic (exact) mass is 339 g/mol. The van der Waals surface area contributed by atoms with E-state index >= 15 is 0 Å². The lowest BCUT2D eigenvalue weighted by Gasteiger charge is -2.18. The highest BCUT2D eigenvalue weighted by Crippen LogP contribution is 2.42. The average Bonchev–Trinajstić information content (AvgIpc) is 3.38. The summed E-state index contributed by atoms with van der Waals surface area (Å²) < 4.78 is 0. The Morgan fingerprint density at radius 2 is 1.83 bits per heavy atom. The van der Waals surface area contributed by atoms with Gasteiger partial charge >= 0.3 is 0 Å². The minimum atomic E-state index is 0. The van der Waals surface area contributed by atoms with Crippen LogP contribution in [0.5, 0.6) is 0 Å². The number of anilines is 1. The van der Waals surface area contributed by atoms with Gasteiger partial charge in [-0.15, -0.1) is 0 Å². The van der Waals surface area contributed by atoms with Crippen molar-refractivity contribution in [2.75, 3.05) is 19.0 Å². The second-order valence-electron chi connectivity index (χ2n) is 6.48.